The molecule has 0 heterocycles. The van der Waals surface area contributed by atoms with Crippen LogP contribution in [0.5, 0.6) is 0 Å². The molecule has 0 aliphatic carbocycles. The fourth-order valence-electron chi connectivity index (χ4n) is 2.27. The van der Waals surface area contributed by atoms with Crippen LogP contribution in [0.1, 0.15) is 77.6 Å². The highest BCUT2D eigenvalue weighted by Crippen LogP contribution is 2.18. The molecular formula is C15H31NO2. The van der Waals surface area contributed by atoms with Crippen molar-refractivity contribution < 1.29 is 9.90 Å². The second-order valence-corrected chi connectivity index (χ2v) is 5.23. The third-order valence-corrected chi connectivity index (χ3v) is 3.51. The van der Waals surface area contributed by atoms with Crippen molar-refractivity contribution in [3.05, 3.63) is 0 Å². The second-order valence-electron chi connectivity index (χ2n) is 5.23. The molecule has 0 aromatic heterocycles. The largest absolute Gasteiger partial charge is 0.481 e. The Morgan fingerprint density at radius 1 is 0.944 bits per heavy atom. The van der Waals surface area contributed by atoms with Gasteiger partial charge in [-0.25, -0.2) is 0 Å². The highest BCUT2D eigenvalue weighted by atomic mass is 16.4. The van der Waals surface area contributed by atoms with Crippen LogP contribution < -0.4 is 5.73 Å². The molecule has 1 unspecified atom stereocenters. The highest BCUT2D eigenvalue weighted by molar-refractivity contribution is 5.69. The summed E-state index contributed by atoms with van der Waals surface area (Å²) in [5.74, 6) is -0.728. The maximum Gasteiger partial charge on any atom is 0.306 e. The molecule has 3 heteroatoms. The van der Waals surface area contributed by atoms with E-state index >= 15 is 0 Å². The Morgan fingerprint density at radius 3 is 1.89 bits per heavy atom. The van der Waals surface area contributed by atoms with Gasteiger partial charge in [0.05, 0.1) is 5.92 Å². The summed E-state index contributed by atoms with van der Waals surface area (Å²) in [5, 5.41) is 9.16. The van der Waals surface area contributed by atoms with Crippen molar-refractivity contribution in [1.29, 1.82) is 0 Å². The fraction of sp³-hybridized carbons (Fsp3) is 0.933. The molecule has 3 N–H and O–H groups in total. The van der Waals surface area contributed by atoms with E-state index in [-0.39, 0.29) is 5.92 Å². The predicted octanol–water partition coefficient (Wildman–Crippen LogP) is 3.96. The molecule has 0 aliphatic heterocycles. The van der Waals surface area contributed by atoms with Crippen LogP contribution in [0.3, 0.4) is 0 Å². The first-order valence-electron chi connectivity index (χ1n) is 7.65. The van der Waals surface area contributed by atoms with E-state index < -0.39 is 5.97 Å². The van der Waals surface area contributed by atoms with Gasteiger partial charge in [-0.2, -0.15) is 0 Å². The van der Waals surface area contributed by atoms with Crippen LogP contribution >= 0.6 is 0 Å². The molecule has 0 aromatic carbocycles. The quantitative estimate of drug-likeness (QED) is 0.491. The van der Waals surface area contributed by atoms with E-state index in [0.717, 1.165) is 51.5 Å². The monoisotopic (exact) mass is 257 g/mol. The highest BCUT2D eigenvalue weighted by Gasteiger charge is 2.15. The number of nitrogens with two attached hydrogens (primary N) is 1. The average Bonchev–Trinajstić information content (AvgIpc) is 2.35. The van der Waals surface area contributed by atoms with E-state index in [9.17, 15) is 4.79 Å². The first kappa shape index (κ1) is 17.4. The topological polar surface area (TPSA) is 63.3 Å². The zero-order chi connectivity index (χ0) is 13.6. The summed E-state index contributed by atoms with van der Waals surface area (Å²) >= 11 is 0. The lowest BCUT2D eigenvalue weighted by Crippen LogP contribution is -2.13. The number of hydrogen-bond acceptors (Lipinski definition) is 2. The molecule has 3 nitrogen and oxygen atoms in total. The van der Waals surface area contributed by atoms with Crippen LogP contribution in [0, 0.1) is 5.92 Å². The Hall–Kier alpha value is -0.570. The first-order chi connectivity index (χ1) is 8.72. The van der Waals surface area contributed by atoms with Gasteiger partial charge in [-0.15, -0.1) is 0 Å². The standard InChI is InChI=1S/C15H31NO2/c1-2-3-4-5-8-11-14(15(17)18)12-9-6-7-10-13-16/h14H,2-13,16H2,1H3,(H,17,18). The summed E-state index contributed by atoms with van der Waals surface area (Å²) in [7, 11) is 0. The molecule has 0 saturated carbocycles. The van der Waals surface area contributed by atoms with Crippen molar-refractivity contribution in [1.82, 2.24) is 0 Å². The zero-order valence-electron chi connectivity index (χ0n) is 12.0. The number of rotatable bonds is 13. The average molecular weight is 257 g/mol. The lowest BCUT2D eigenvalue weighted by molar-refractivity contribution is -0.142. The van der Waals surface area contributed by atoms with Gasteiger partial charge in [-0.05, 0) is 25.8 Å². The maximum atomic E-state index is 11.1. The summed E-state index contributed by atoms with van der Waals surface area (Å²) in [6.07, 6.45) is 12.1. The van der Waals surface area contributed by atoms with E-state index in [0.29, 0.717) is 0 Å². The Bertz CT molecular complexity index is 181. The molecule has 108 valence electrons. The summed E-state index contributed by atoms with van der Waals surface area (Å²) < 4.78 is 0. The van der Waals surface area contributed by atoms with Crippen molar-refractivity contribution in [3.8, 4) is 0 Å². The van der Waals surface area contributed by atoms with Crippen LogP contribution in [0.2, 0.25) is 0 Å². The molecule has 18 heavy (non-hydrogen) atoms. The molecule has 0 aromatic rings. The third kappa shape index (κ3) is 10.6. The van der Waals surface area contributed by atoms with Crippen LogP contribution in [0.4, 0.5) is 0 Å². The van der Waals surface area contributed by atoms with E-state index in [1.807, 2.05) is 0 Å². The smallest absolute Gasteiger partial charge is 0.306 e. The zero-order valence-corrected chi connectivity index (χ0v) is 12.0. The fourth-order valence-corrected chi connectivity index (χ4v) is 2.27. The second kappa shape index (κ2) is 12.9. The normalized spacial score (nSPS) is 12.6. The molecule has 0 fully saturated rings. The van der Waals surface area contributed by atoms with E-state index in [1.165, 1.54) is 25.7 Å². The van der Waals surface area contributed by atoms with Gasteiger partial charge in [-0.1, -0.05) is 58.3 Å². The predicted molar refractivity (Wildman–Crippen MR) is 76.6 cm³/mol. The van der Waals surface area contributed by atoms with Crippen molar-refractivity contribution in [2.45, 2.75) is 77.6 Å². The molecular weight excluding hydrogens is 226 g/mol. The maximum absolute atomic E-state index is 11.1. The summed E-state index contributed by atoms with van der Waals surface area (Å²) in [6, 6.07) is 0. The molecule has 0 radical (unpaired) electrons. The number of hydrogen-bond donors (Lipinski definition) is 2. The summed E-state index contributed by atoms with van der Waals surface area (Å²) in [6.45, 7) is 2.95. The minimum Gasteiger partial charge on any atom is -0.481 e. The SMILES string of the molecule is CCCCCCCC(CCCCCCN)C(=O)O. The van der Waals surface area contributed by atoms with Crippen LogP contribution in [-0.4, -0.2) is 17.6 Å². The summed E-state index contributed by atoms with van der Waals surface area (Å²) in [4.78, 5) is 11.1. The molecule has 0 spiro atoms. The van der Waals surface area contributed by atoms with Gasteiger partial charge in [0, 0.05) is 0 Å². The van der Waals surface area contributed by atoms with Gasteiger partial charge in [0.25, 0.3) is 0 Å². The van der Waals surface area contributed by atoms with Crippen LogP contribution in [-0.2, 0) is 4.79 Å². The molecule has 0 aliphatic rings. The molecule has 0 bridgehead atoms. The van der Waals surface area contributed by atoms with Gasteiger partial charge < -0.3 is 10.8 Å². The first-order valence-corrected chi connectivity index (χ1v) is 7.65. The summed E-state index contributed by atoms with van der Waals surface area (Å²) in [5.41, 5.74) is 5.43. The lowest BCUT2D eigenvalue weighted by atomic mass is 9.94. The number of carboxylic acid groups (broad SMARTS) is 1. The molecule has 1 atom stereocenters. The molecule has 0 saturated heterocycles. The number of carbonyl (C=O) groups is 1. The number of aliphatic carboxylic acids is 1. The minimum atomic E-state index is -0.607. The van der Waals surface area contributed by atoms with Crippen molar-refractivity contribution >= 4 is 5.97 Å². The van der Waals surface area contributed by atoms with Gasteiger partial charge >= 0.3 is 5.97 Å². The minimum absolute atomic E-state index is 0.121. The van der Waals surface area contributed by atoms with Gasteiger partial charge in [-0.3, -0.25) is 4.79 Å². The van der Waals surface area contributed by atoms with E-state index in [2.05, 4.69) is 6.92 Å². The third-order valence-electron chi connectivity index (χ3n) is 3.51. The van der Waals surface area contributed by atoms with Crippen molar-refractivity contribution in [2.24, 2.45) is 11.7 Å². The van der Waals surface area contributed by atoms with Crippen molar-refractivity contribution in [3.63, 3.8) is 0 Å². The number of carboxylic acids is 1. The van der Waals surface area contributed by atoms with Gasteiger partial charge in [0.2, 0.25) is 0 Å². The van der Waals surface area contributed by atoms with Crippen LogP contribution in [0.15, 0.2) is 0 Å². The van der Waals surface area contributed by atoms with E-state index in [1.54, 1.807) is 0 Å². The lowest BCUT2D eigenvalue weighted by Gasteiger charge is -2.11. The Morgan fingerprint density at radius 2 is 1.44 bits per heavy atom. The van der Waals surface area contributed by atoms with Gasteiger partial charge in [0.15, 0.2) is 0 Å². The van der Waals surface area contributed by atoms with Gasteiger partial charge in [0.1, 0.15) is 0 Å². The molecule has 0 amide bonds. The number of unbranched alkanes of at least 4 members (excludes halogenated alkanes) is 7. The Labute approximate surface area is 112 Å². The van der Waals surface area contributed by atoms with Crippen molar-refractivity contribution in [2.75, 3.05) is 6.54 Å². The van der Waals surface area contributed by atoms with Crippen LogP contribution in [0.25, 0.3) is 0 Å². The molecule has 0 rings (SSSR count). The van der Waals surface area contributed by atoms with E-state index in [4.69, 9.17) is 10.8 Å². The Balaban J connectivity index is 3.56. The Kier molecular flexibility index (Phi) is 12.5.